The quantitative estimate of drug-likeness (QED) is 0.435. The second-order valence-electron chi connectivity index (χ2n) is 4.70. The molecule has 1 aromatic carbocycles. The molecule has 0 aliphatic rings. The van der Waals surface area contributed by atoms with E-state index >= 15 is 0 Å². The van der Waals surface area contributed by atoms with Crippen molar-refractivity contribution in [3.8, 4) is 0 Å². The van der Waals surface area contributed by atoms with Crippen molar-refractivity contribution in [3.05, 3.63) is 45.9 Å². The molecule has 0 spiro atoms. The predicted molar refractivity (Wildman–Crippen MR) is 88.9 cm³/mol. The minimum atomic E-state index is 0.377. The average molecular weight is 345 g/mol. The van der Waals surface area contributed by atoms with Crippen LogP contribution in [-0.2, 0) is 0 Å². The third-order valence-electron chi connectivity index (χ3n) is 3.19. The van der Waals surface area contributed by atoms with Gasteiger partial charge in [0.25, 0.3) is 0 Å². The van der Waals surface area contributed by atoms with Gasteiger partial charge in [-0.2, -0.15) is 0 Å². The van der Waals surface area contributed by atoms with Crippen molar-refractivity contribution >= 4 is 27.5 Å². The summed E-state index contributed by atoms with van der Waals surface area (Å²) >= 11 is 9.73. The molecule has 0 heterocycles. The Hall–Kier alpha value is -0.310. The fourth-order valence-electron chi connectivity index (χ4n) is 2.21. The van der Waals surface area contributed by atoms with Crippen LogP contribution in [0.1, 0.15) is 50.6 Å². The molecule has 3 heteroatoms. The van der Waals surface area contributed by atoms with Crippen LogP contribution in [0, 0.1) is 0 Å². The van der Waals surface area contributed by atoms with Crippen LogP contribution in [0.25, 0.3) is 0 Å². The molecule has 0 aromatic heterocycles. The standard InChI is InChI=1S/C16H23BrClN/c1-3-5-6-7-8-9-16(19-4-2)14-12-13(18)10-11-15(14)17/h3,10-12,16,19H,1,4-9H2,2H3. The van der Waals surface area contributed by atoms with E-state index in [9.17, 15) is 0 Å². The lowest BCUT2D eigenvalue weighted by molar-refractivity contribution is 0.482. The normalized spacial score (nSPS) is 12.4. The van der Waals surface area contributed by atoms with Gasteiger partial charge in [0.2, 0.25) is 0 Å². The van der Waals surface area contributed by atoms with E-state index in [1.807, 2.05) is 18.2 Å². The van der Waals surface area contributed by atoms with Crippen molar-refractivity contribution in [2.45, 2.75) is 45.1 Å². The van der Waals surface area contributed by atoms with E-state index in [1.165, 1.54) is 24.8 Å². The Morgan fingerprint density at radius 1 is 1.37 bits per heavy atom. The van der Waals surface area contributed by atoms with Gasteiger partial charge in [-0.1, -0.05) is 53.4 Å². The highest BCUT2D eigenvalue weighted by Gasteiger charge is 2.13. The van der Waals surface area contributed by atoms with E-state index in [1.54, 1.807) is 0 Å². The molecule has 1 N–H and O–H groups in total. The van der Waals surface area contributed by atoms with Crippen LogP contribution < -0.4 is 5.32 Å². The molecule has 0 bridgehead atoms. The topological polar surface area (TPSA) is 12.0 Å². The number of halogens is 2. The van der Waals surface area contributed by atoms with Gasteiger partial charge in [-0.05, 0) is 49.6 Å². The van der Waals surface area contributed by atoms with Gasteiger partial charge < -0.3 is 5.32 Å². The van der Waals surface area contributed by atoms with Gasteiger partial charge in [0.1, 0.15) is 0 Å². The van der Waals surface area contributed by atoms with Gasteiger partial charge in [0.15, 0.2) is 0 Å². The fourth-order valence-corrected chi connectivity index (χ4v) is 2.91. The lowest BCUT2D eigenvalue weighted by atomic mass is 10.00. The molecular weight excluding hydrogens is 322 g/mol. The van der Waals surface area contributed by atoms with Crippen molar-refractivity contribution in [1.29, 1.82) is 0 Å². The molecule has 0 amide bonds. The lowest BCUT2D eigenvalue weighted by Crippen LogP contribution is -2.21. The van der Waals surface area contributed by atoms with Crippen LogP contribution >= 0.6 is 27.5 Å². The van der Waals surface area contributed by atoms with Crippen molar-refractivity contribution in [2.75, 3.05) is 6.54 Å². The molecule has 0 radical (unpaired) electrons. The number of allylic oxidation sites excluding steroid dienone is 1. The van der Waals surface area contributed by atoms with Crippen LogP contribution in [0.15, 0.2) is 35.3 Å². The summed E-state index contributed by atoms with van der Waals surface area (Å²) in [6.07, 6.45) is 7.97. The lowest BCUT2D eigenvalue weighted by Gasteiger charge is -2.20. The first-order chi connectivity index (χ1) is 9.19. The third-order valence-corrected chi connectivity index (χ3v) is 4.14. The Bertz CT molecular complexity index is 392. The Morgan fingerprint density at radius 3 is 2.84 bits per heavy atom. The van der Waals surface area contributed by atoms with Gasteiger partial charge in [0, 0.05) is 15.5 Å². The van der Waals surface area contributed by atoms with Gasteiger partial charge in [0.05, 0.1) is 0 Å². The maximum absolute atomic E-state index is 6.10. The number of hydrogen-bond donors (Lipinski definition) is 1. The first kappa shape index (κ1) is 16.7. The van der Waals surface area contributed by atoms with Crippen molar-refractivity contribution in [1.82, 2.24) is 5.32 Å². The van der Waals surface area contributed by atoms with E-state index < -0.39 is 0 Å². The summed E-state index contributed by atoms with van der Waals surface area (Å²) in [5.74, 6) is 0. The van der Waals surface area contributed by atoms with Gasteiger partial charge in [-0.15, -0.1) is 6.58 Å². The molecule has 0 aliphatic carbocycles. The number of nitrogens with one attached hydrogen (secondary N) is 1. The second kappa shape index (κ2) is 9.57. The summed E-state index contributed by atoms with van der Waals surface area (Å²) in [5, 5.41) is 4.35. The smallest absolute Gasteiger partial charge is 0.0410 e. The third kappa shape index (κ3) is 6.11. The van der Waals surface area contributed by atoms with Crippen LogP contribution in [0.5, 0.6) is 0 Å². The molecular formula is C16H23BrClN. The number of rotatable bonds is 9. The molecule has 1 aromatic rings. The van der Waals surface area contributed by atoms with Crippen LogP contribution in [-0.4, -0.2) is 6.54 Å². The molecule has 1 rings (SSSR count). The number of unbranched alkanes of at least 4 members (excludes halogenated alkanes) is 3. The first-order valence-corrected chi connectivity index (χ1v) is 8.15. The Balaban J connectivity index is 2.60. The summed E-state index contributed by atoms with van der Waals surface area (Å²) in [6, 6.07) is 6.38. The van der Waals surface area contributed by atoms with E-state index in [4.69, 9.17) is 11.6 Å². The van der Waals surface area contributed by atoms with Crippen molar-refractivity contribution in [2.24, 2.45) is 0 Å². The second-order valence-corrected chi connectivity index (χ2v) is 5.99. The Kier molecular flexibility index (Phi) is 8.43. The van der Waals surface area contributed by atoms with Crippen LogP contribution in [0.2, 0.25) is 5.02 Å². The fraction of sp³-hybridized carbons (Fsp3) is 0.500. The molecule has 1 atom stereocenters. The zero-order chi connectivity index (χ0) is 14.1. The minimum Gasteiger partial charge on any atom is -0.310 e. The summed E-state index contributed by atoms with van der Waals surface area (Å²) in [7, 11) is 0. The highest BCUT2D eigenvalue weighted by molar-refractivity contribution is 9.10. The van der Waals surface area contributed by atoms with Crippen LogP contribution in [0.4, 0.5) is 0 Å². The summed E-state index contributed by atoms with van der Waals surface area (Å²) in [6.45, 7) is 6.87. The molecule has 0 fully saturated rings. The monoisotopic (exact) mass is 343 g/mol. The summed E-state index contributed by atoms with van der Waals surface area (Å²) in [4.78, 5) is 0. The van der Waals surface area contributed by atoms with E-state index in [2.05, 4.69) is 40.8 Å². The maximum atomic E-state index is 6.10. The van der Waals surface area contributed by atoms with E-state index in [0.717, 1.165) is 28.9 Å². The molecule has 1 unspecified atom stereocenters. The van der Waals surface area contributed by atoms with Crippen LogP contribution in [0.3, 0.4) is 0 Å². The Labute approximate surface area is 130 Å². The first-order valence-electron chi connectivity index (χ1n) is 6.98. The SMILES string of the molecule is C=CCCCCCC(NCC)c1cc(Cl)ccc1Br. The number of benzene rings is 1. The van der Waals surface area contributed by atoms with E-state index in [-0.39, 0.29) is 0 Å². The van der Waals surface area contributed by atoms with Gasteiger partial charge in [-0.25, -0.2) is 0 Å². The molecule has 106 valence electrons. The predicted octanol–water partition coefficient (Wildman–Crippen LogP) is 5.89. The zero-order valence-electron chi connectivity index (χ0n) is 11.6. The Morgan fingerprint density at radius 2 is 2.16 bits per heavy atom. The molecule has 0 saturated heterocycles. The average Bonchev–Trinajstić information content (AvgIpc) is 2.40. The molecule has 19 heavy (non-hydrogen) atoms. The maximum Gasteiger partial charge on any atom is 0.0410 e. The van der Waals surface area contributed by atoms with Crippen molar-refractivity contribution < 1.29 is 0 Å². The highest BCUT2D eigenvalue weighted by atomic mass is 79.9. The summed E-state index contributed by atoms with van der Waals surface area (Å²) < 4.78 is 1.13. The van der Waals surface area contributed by atoms with E-state index in [0.29, 0.717) is 6.04 Å². The number of hydrogen-bond acceptors (Lipinski definition) is 1. The highest BCUT2D eigenvalue weighted by Crippen LogP contribution is 2.29. The molecule has 1 nitrogen and oxygen atoms in total. The van der Waals surface area contributed by atoms with Gasteiger partial charge in [-0.3, -0.25) is 0 Å². The van der Waals surface area contributed by atoms with Gasteiger partial charge >= 0.3 is 0 Å². The molecule has 0 saturated carbocycles. The summed E-state index contributed by atoms with van der Waals surface area (Å²) in [5.41, 5.74) is 1.26. The largest absolute Gasteiger partial charge is 0.310 e. The zero-order valence-corrected chi connectivity index (χ0v) is 13.9. The minimum absolute atomic E-state index is 0.377. The van der Waals surface area contributed by atoms with Crippen molar-refractivity contribution in [3.63, 3.8) is 0 Å². The molecule has 0 aliphatic heterocycles.